The predicted molar refractivity (Wildman–Crippen MR) is 95.3 cm³/mol. The molecule has 26 heavy (non-hydrogen) atoms. The lowest BCUT2D eigenvalue weighted by Gasteiger charge is -2.12. The van der Waals surface area contributed by atoms with Crippen molar-refractivity contribution in [1.82, 2.24) is 0 Å². The number of nitro groups is 1. The zero-order valence-electron chi connectivity index (χ0n) is 14.1. The van der Waals surface area contributed by atoms with Crippen LogP contribution in [0.25, 0.3) is 22.1 Å². The lowest BCUT2D eigenvalue weighted by molar-refractivity contribution is -0.384. The molecule has 0 aliphatic rings. The third-order valence-electron chi connectivity index (χ3n) is 3.97. The summed E-state index contributed by atoms with van der Waals surface area (Å²) in [5.41, 5.74) is 0.663. The van der Waals surface area contributed by atoms with Gasteiger partial charge in [-0.2, -0.15) is 0 Å². The van der Waals surface area contributed by atoms with Gasteiger partial charge < -0.3 is 9.15 Å². The minimum absolute atomic E-state index is 0.0703. The second-order valence-electron chi connectivity index (χ2n) is 5.82. The van der Waals surface area contributed by atoms with Gasteiger partial charge in [-0.15, -0.1) is 0 Å². The van der Waals surface area contributed by atoms with Gasteiger partial charge in [0.15, 0.2) is 11.9 Å². The number of Topliss-reactive ketones (excluding diaryl/α,β-unsaturated/α-hetero) is 1. The fraction of sp³-hybridized carbons (Fsp3) is 0.158. The number of hydrogen-bond donors (Lipinski definition) is 0. The number of benzene rings is 2. The molecule has 7 heteroatoms. The Morgan fingerprint density at radius 1 is 1.19 bits per heavy atom. The van der Waals surface area contributed by atoms with E-state index in [4.69, 9.17) is 9.15 Å². The topological polar surface area (TPSA) is 99.6 Å². The Balaban J connectivity index is 2.12. The van der Waals surface area contributed by atoms with E-state index in [9.17, 15) is 19.7 Å². The van der Waals surface area contributed by atoms with Gasteiger partial charge in [-0.25, -0.2) is 4.79 Å². The normalized spacial score (nSPS) is 11.9. The van der Waals surface area contributed by atoms with Crippen molar-refractivity contribution in [2.45, 2.75) is 20.0 Å². The molecule has 2 aromatic carbocycles. The highest BCUT2D eigenvalue weighted by atomic mass is 16.6. The van der Waals surface area contributed by atoms with Crippen LogP contribution in [0.1, 0.15) is 13.8 Å². The van der Waals surface area contributed by atoms with E-state index in [0.29, 0.717) is 22.3 Å². The van der Waals surface area contributed by atoms with E-state index in [1.165, 1.54) is 31.2 Å². The Morgan fingerprint density at radius 3 is 2.65 bits per heavy atom. The molecule has 0 bridgehead atoms. The van der Waals surface area contributed by atoms with Gasteiger partial charge in [-0.05, 0) is 31.5 Å². The Kier molecular flexibility index (Phi) is 4.53. The molecule has 0 aliphatic heterocycles. The van der Waals surface area contributed by atoms with E-state index in [-0.39, 0.29) is 17.1 Å². The molecular formula is C19H15NO6. The molecule has 0 saturated carbocycles. The predicted octanol–water partition coefficient (Wildman–Crippen LogP) is 3.72. The SMILES string of the molecule is CC(=O)[C@H](C)Oc1ccc2c(-c3cccc([N+](=O)[O-])c3)cc(=O)oc2c1. The van der Waals surface area contributed by atoms with Gasteiger partial charge in [0.1, 0.15) is 11.3 Å². The van der Waals surface area contributed by atoms with Gasteiger partial charge in [-0.3, -0.25) is 14.9 Å². The second kappa shape index (κ2) is 6.79. The zero-order chi connectivity index (χ0) is 18.8. The highest BCUT2D eigenvalue weighted by Gasteiger charge is 2.14. The molecule has 1 atom stereocenters. The van der Waals surface area contributed by atoms with E-state index in [1.54, 1.807) is 31.2 Å². The van der Waals surface area contributed by atoms with Crippen molar-refractivity contribution in [3.8, 4) is 16.9 Å². The van der Waals surface area contributed by atoms with E-state index < -0.39 is 16.7 Å². The Bertz CT molecular complexity index is 1070. The molecule has 0 saturated heterocycles. The molecule has 3 rings (SSSR count). The Hall–Kier alpha value is -3.48. The summed E-state index contributed by atoms with van der Waals surface area (Å²) in [5.74, 6) is 0.261. The zero-order valence-corrected chi connectivity index (χ0v) is 14.1. The number of nitrogens with zero attached hydrogens (tertiary/aromatic N) is 1. The van der Waals surface area contributed by atoms with Crippen LogP contribution in [0.4, 0.5) is 5.69 Å². The molecule has 0 amide bonds. The van der Waals surface area contributed by atoms with Crippen LogP contribution in [0.15, 0.2) is 57.7 Å². The molecule has 0 N–H and O–H groups in total. The molecule has 0 radical (unpaired) electrons. The number of hydrogen-bond acceptors (Lipinski definition) is 6. The van der Waals surface area contributed by atoms with Crippen LogP contribution in [0.2, 0.25) is 0 Å². The van der Waals surface area contributed by atoms with Gasteiger partial charge in [0.05, 0.1) is 4.92 Å². The van der Waals surface area contributed by atoms with E-state index in [2.05, 4.69) is 0 Å². The van der Waals surface area contributed by atoms with Crippen LogP contribution in [-0.4, -0.2) is 16.8 Å². The average molecular weight is 353 g/mol. The van der Waals surface area contributed by atoms with Crippen molar-refractivity contribution in [3.63, 3.8) is 0 Å². The monoisotopic (exact) mass is 353 g/mol. The minimum Gasteiger partial charge on any atom is -0.483 e. The first-order valence-electron chi connectivity index (χ1n) is 7.85. The quantitative estimate of drug-likeness (QED) is 0.394. The van der Waals surface area contributed by atoms with Crippen LogP contribution in [-0.2, 0) is 4.79 Å². The Labute approximate surface area is 148 Å². The Morgan fingerprint density at radius 2 is 1.96 bits per heavy atom. The summed E-state index contributed by atoms with van der Waals surface area (Å²) in [6, 6.07) is 12.2. The number of fused-ring (bicyclic) bond motifs is 1. The summed E-state index contributed by atoms with van der Waals surface area (Å²) >= 11 is 0. The maximum absolute atomic E-state index is 11.9. The maximum atomic E-state index is 11.9. The van der Waals surface area contributed by atoms with Crippen molar-refractivity contribution in [2.24, 2.45) is 0 Å². The van der Waals surface area contributed by atoms with Crippen LogP contribution < -0.4 is 10.4 Å². The third kappa shape index (κ3) is 3.46. The van der Waals surface area contributed by atoms with Crippen molar-refractivity contribution >= 4 is 22.4 Å². The average Bonchev–Trinajstić information content (AvgIpc) is 2.60. The first kappa shape index (κ1) is 17.3. The lowest BCUT2D eigenvalue weighted by atomic mass is 10.0. The summed E-state index contributed by atoms with van der Waals surface area (Å²) in [6.07, 6.45) is -0.626. The van der Waals surface area contributed by atoms with Gasteiger partial charge in [0.25, 0.3) is 5.69 Å². The summed E-state index contributed by atoms with van der Waals surface area (Å²) in [5, 5.41) is 11.6. The number of carbonyl (C=O) groups excluding carboxylic acids is 1. The number of carbonyl (C=O) groups is 1. The van der Waals surface area contributed by atoms with Gasteiger partial charge in [0, 0.05) is 35.2 Å². The molecule has 7 nitrogen and oxygen atoms in total. The molecule has 0 spiro atoms. The van der Waals surface area contributed by atoms with Crippen LogP contribution in [0.3, 0.4) is 0 Å². The van der Waals surface area contributed by atoms with Crippen LogP contribution in [0, 0.1) is 10.1 Å². The molecule has 132 valence electrons. The fourth-order valence-electron chi connectivity index (χ4n) is 2.53. The first-order chi connectivity index (χ1) is 12.3. The van der Waals surface area contributed by atoms with Crippen molar-refractivity contribution in [2.75, 3.05) is 0 Å². The highest BCUT2D eigenvalue weighted by Crippen LogP contribution is 2.31. The number of nitro benzene ring substituents is 1. The smallest absolute Gasteiger partial charge is 0.336 e. The van der Waals surface area contributed by atoms with Crippen molar-refractivity contribution in [1.29, 1.82) is 0 Å². The maximum Gasteiger partial charge on any atom is 0.336 e. The number of non-ortho nitro benzene ring substituents is 1. The van der Waals surface area contributed by atoms with Crippen LogP contribution in [0.5, 0.6) is 5.75 Å². The van der Waals surface area contributed by atoms with E-state index in [0.717, 1.165) is 0 Å². The number of ether oxygens (including phenoxy) is 1. The van der Waals surface area contributed by atoms with Crippen molar-refractivity contribution < 1.29 is 18.9 Å². The second-order valence-corrected chi connectivity index (χ2v) is 5.82. The van der Waals surface area contributed by atoms with E-state index in [1.807, 2.05) is 0 Å². The van der Waals surface area contributed by atoms with Gasteiger partial charge in [-0.1, -0.05) is 12.1 Å². The summed E-state index contributed by atoms with van der Waals surface area (Å²) in [4.78, 5) is 33.8. The molecule has 0 fully saturated rings. The van der Waals surface area contributed by atoms with Crippen LogP contribution >= 0.6 is 0 Å². The van der Waals surface area contributed by atoms with Gasteiger partial charge >= 0.3 is 5.63 Å². The summed E-state index contributed by atoms with van der Waals surface area (Å²) in [6.45, 7) is 3.05. The molecular weight excluding hydrogens is 338 g/mol. The highest BCUT2D eigenvalue weighted by molar-refractivity contribution is 5.94. The van der Waals surface area contributed by atoms with E-state index >= 15 is 0 Å². The summed E-state index contributed by atoms with van der Waals surface area (Å²) < 4.78 is 10.7. The minimum atomic E-state index is -0.626. The fourth-order valence-corrected chi connectivity index (χ4v) is 2.53. The largest absolute Gasteiger partial charge is 0.483 e. The van der Waals surface area contributed by atoms with Crippen molar-refractivity contribution in [3.05, 3.63) is 69.1 Å². The molecule has 0 unspecified atom stereocenters. The molecule has 1 aromatic heterocycles. The molecule has 0 aliphatic carbocycles. The molecule has 1 heterocycles. The van der Waals surface area contributed by atoms with Gasteiger partial charge in [0.2, 0.25) is 0 Å². The third-order valence-corrected chi connectivity index (χ3v) is 3.97. The standard InChI is InChI=1S/C19H15NO6/c1-11(21)12(2)25-15-6-7-16-17(10-19(22)26-18(16)9-15)13-4-3-5-14(8-13)20(23)24/h3-10,12H,1-2H3/t12-/m0/s1. The number of ketones is 1. The number of rotatable bonds is 5. The first-order valence-corrected chi connectivity index (χ1v) is 7.85. The molecule has 3 aromatic rings. The lowest BCUT2D eigenvalue weighted by Crippen LogP contribution is -2.20. The summed E-state index contributed by atoms with van der Waals surface area (Å²) in [7, 11) is 0.